The molecule has 33 heavy (non-hydrogen) atoms. The van der Waals surface area contributed by atoms with E-state index in [0.29, 0.717) is 12.3 Å². The van der Waals surface area contributed by atoms with Crippen LogP contribution in [-0.2, 0) is 9.63 Å². The van der Waals surface area contributed by atoms with Gasteiger partial charge >= 0.3 is 0 Å². The predicted molar refractivity (Wildman–Crippen MR) is 139 cm³/mol. The number of carbonyl (C=O) groups excluding carboxylic acids is 1. The van der Waals surface area contributed by atoms with Gasteiger partial charge in [0.15, 0.2) is 0 Å². The maximum atomic E-state index is 12.8. The van der Waals surface area contributed by atoms with Crippen LogP contribution in [0, 0.1) is 5.92 Å². The molecule has 0 saturated carbocycles. The summed E-state index contributed by atoms with van der Waals surface area (Å²) in [5.74, 6) is 0.505. The van der Waals surface area contributed by atoms with Crippen molar-refractivity contribution in [3.05, 3.63) is 35.9 Å². The molecule has 0 spiro atoms. The van der Waals surface area contributed by atoms with Gasteiger partial charge in [0.05, 0.1) is 0 Å². The van der Waals surface area contributed by atoms with Crippen molar-refractivity contribution in [2.75, 3.05) is 0 Å². The summed E-state index contributed by atoms with van der Waals surface area (Å²) in [5.41, 5.74) is 0.888. The average molecular weight is 459 g/mol. The van der Waals surface area contributed by atoms with E-state index in [1.54, 1.807) is 0 Å². The van der Waals surface area contributed by atoms with Crippen LogP contribution in [0.5, 0.6) is 0 Å². The zero-order valence-corrected chi connectivity index (χ0v) is 22.5. The molecule has 0 bridgehead atoms. The minimum atomic E-state index is -0.163. The molecule has 1 saturated heterocycles. The van der Waals surface area contributed by atoms with Gasteiger partial charge in [0, 0.05) is 23.5 Å². The van der Waals surface area contributed by atoms with Crippen LogP contribution in [-0.4, -0.2) is 28.1 Å². The lowest BCUT2D eigenvalue weighted by molar-refractivity contribution is -0.327. The summed E-state index contributed by atoms with van der Waals surface area (Å²) in [6.45, 7) is 15.8. The lowest BCUT2D eigenvalue weighted by atomic mass is 9.68. The minimum absolute atomic E-state index is 0.0194. The summed E-state index contributed by atoms with van der Waals surface area (Å²) in [4.78, 5) is 19.6. The van der Waals surface area contributed by atoms with Crippen LogP contribution in [0.15, 0.2) is 30.3 Å². The highest BCUT2D eigenvalue weighted by molar-refractivity contribution is 5.76. The molecule has 4 heteroatoms. The summed E-state index contributed by atoms with van der Waals surface area (Å²) >= 11 is 0. The third-order valence-electron chi connectivity index (χ3n) is 8.31. The van der Waals surface area contributed by atoms with Crippen LogP contribution >= 0.6 is 0 Å². The molecule has 1 aliphatic heterocycles. The molecule has 4 nitrogen and oxygen atoms in total. The fraction of sp³-hybridized carbons (Fsp3) is 0.759. The molecule has 1 amide bonds. The van der Waals surface area contributed by atoms with Crippen molar-refractivity contribution in [2.24, 2.45) is 5.92 Å². The standard InChI is InChI=1S/C29H50N2O2/c1-8-11-12-13-14-18-21-27(32)30-26-22-28(6,9-2)31(29(7,10-3)23(26)4)33-24(5)25-19-16-15-17-20-25/h15-17,19-20,23-24,26H,8-14,18,21-22H2,1-7H3,(H,30,32). The highest BCUT2D eigenvalue weighted by Gasteiger charge is 2.54. The Kier molecular flexibility index (Phi) is 10.9. The SMILES string of the molecule is CCCCCCCCC(=O)NC1CC(C)(CC)N(OC(C)c2ccccc2)C(C)(CC)C1C. The number of hydroxylamine groups is 2. The third kappa shape index (κ3) is 7.05. The van der Waals surface area contributed by atoms with Gasteiger partial charge in [0.25, 0.3) is 0 Å². The van der Waals surface area contributed by atoms with Gasteiger partial charge in [-0.1, -0.05) is 90.1 Å². The lowest BCUT2D eigenvalue weighted by Gasteiger charge is -2.60. The largest absolute Gasteiger partial charge is 0.353 e. The minimum Gasteiger partial charge on any atom is -0.353 e. The zero-order chi connectivity index (χ0) is 24.5. The van der Waals surface area contributed by atoms with Crippen LogP contribution < -0.4 is 5.32 Å². The number of nitrogens with one attached hydrogen (secondary N) is 1. The van der Waals surface area contributed by atoms with Crippen LogP contribution in [0.1, 0.15) is 124 Å². The van der Waals surface area contributed by atoms with Gasteiger partial charge in [-0.15, -0.1) is 0 Å². The number of unbranched alkanes of at least 4 members (excludes halogenated alkanes) is 5. The summed E-state index contributed by atoms with van der Waals surface area (Å²) in [6, 6.07) is 10.6. The third-order valence-corrected chi connectivity index (χ3v) is 8.31. The molecular formula is C29H50N2O2. The predicted octanol–water partition coefficient (Wildman–Crippen LogP) is 7.59. The van der Waals surface area contributed by atoms with E-state index in [4.69, 9.17) is 4.84 Å². The van der Waals surface area contributed by atoms with Gasteiger partial charge in [0.1, 0.15) is 6.10 Å². The highest BCUT2D eigenvalue weighted by Crippen LogP contribution is 2.47. The molecule has 0 radical (unpaired) electrons. The average Bonchev–Trinajstić information content (AvgIpc) is 2.82. The van der Waals surface area contributed by atoms with Crippen LogP contribution in [0.2, 0.25) is 0 Å². The molecule has 1 N–H and O–H groups in total. The molecular weight excluding hydrogens is 408 g/mol. The number of nitrogens with zero attached hydrogens (tertiary/aromatic N) is 1. The number of hydrogen-bond donors (Lipinski definition) is 1. The Balaban J connectivity index is 2.08. The molecule has 0 aliphatic carbocycles. The molecule has 1 aromatic rings. The van der Waals surface area contributed by atoms with Gasteiger partial charge in [-0.3, -0.25) is 9.63 Å². The Morgan fingerprint density at radius 1 is 1.06 bits per heavy atom. The first kappa shape index (κ1) is 27.9. The van der Waals surface area contributed by atoms with Crippen molar-refractivity contribution >= 4 is 5.91 Å². The quantitative estimate of drug-likeness (QED) is 0.309. The number of benzene rings is 1. The van der Waals surface area contributed by atoms with Crippen molar-refractivity contribution in [1.82, 2.24) is 10.4 Å². The Hall–Kier alpha value is -1.39. The van der Waals surface area contributed by atoms with Gasteiger partial charge < -0.3 is 5.32 Å². The second kappa shape index (κ2) is 12.9. The van der Waals surface area contributed by atoms with Crippen LogP contribution in [0.25, 0.3) is 0 Å². The highest BCUT2D eigenvalue weighted by atomic mass is 16.7. The van der Waals surface area contributed by atoms with E-state index < -0.39 is 0 Å². The smallest absolute Gasteiger partial charge is 0.220 e. The maximum Gasteiger partial charge on any atom is 0.220 e. The molecule has 1 fully saturated rings. The molecule has 1 aliphatic rings. The van der Waals surface area contributed by atoms with Gasteiger partial charge in [0.2, 0.25) is 5.91 Å². The Labute approximate surface area is 203 Å². The summed E-state index contributed by atoms with van der Waals surface area (Å²) in [6.07, 6.45) is 10.7. The second-order valence-corrected chi connectivity index (χ2v) is 10.7. The van der Waals surface area contributed by atoms with E-state index in [-0.39, 0.29) is 29.1 Å². The van der Waals surface area contributed by atoms with E-state index in [0.717, 1.165) is 32.1 Å². The van der Waals surface area contributed by atoms with Crippen LogP contribution in [0.3, 0.4) is 0 Å². The number of amides is 1. The molecule has 0 aromatic heterocycles. The van der Waals surface area contributed by atoms with Crippen molar-refractivity contribution in [2.45, 2.75) is 136 Å². The number of rotatable bonds is 13. The number of piperidine rings is 1. The maximum absolute atomic E-state index is 12.8. The van der Waals surface area contributed by atoms with Crippen molar-refractivity contribution in [3.8, 4) is 0 Å². The molecule has 1 heterocycles. The van der Waals surface area contributed by atoms with Gasteiger partial charge in [-0.25, -0.2) is 0 Å². The monoisotopic (exact) mass is 458 g/mol. The zero-order valence-electron chi connectivity index (χ0n) is 22.5. The fourth-order valence-corrected chi connectivity index (χ4v) is 5.43. The fourth-order valence-electron chi connectivity index (χ4n) is 5.43. The van der Waals surface area contributed by atoms with E-state index in [1.165, 1.54) is 31.2 Å². The molecule has 2 rings (SSSR count). The topological polar surface area (TPSA) is 41.6 Å². The lowest BCUT2D eigenvalue weighted by Crippen LogP contribution is -2.70. The molecule has 5 atom stereocenters. The van der Waals surface area contributed by atoms with Crippen molar-refractivity contribution < 1.29 is 9.63 Å². The number of carbonyl (C=O) groups is 1. The molecule has 5 unspecified atom stereocenters. The first-order valence-corrected chi connectivity index (χ1v) is 13.5. The molecule has 1 aromatic carbocycles. The first-order valence-electron chi connectivity index (χ1n) is 13.5. The van der Waals surface area contributed by atoms with Crippen molar-refractivity contribution in [1.29, 1.82) is 0 Å². The van der Waals surface area contributed by atoms with E-state index in [1.807, 2.05) is 6.07 Å². The van der Waals surface area contributed by atoms with E-state index in [2.05, 4.69) is 83.1 Å². The van der Waals surface area contributed by atoms with E-state index in [9.17, 15) is 4.79 Å². The van der Waals surface area contributed by atoms with Gasteiger partial charge in [-0.2, -0.15) is 5.06 Å². The number of hydrogen-bond acceptors (Lipinski definition) is 3. The Bertz CT molecular complexity index is 709. The Morgan fingerprint density at radius 3 is 2.30 bits per heavy atom. The summed E-state index contributed by atoms with van der Waals surface area (Å²) in [5, 5.41) is 5.74. The normalized spacial score (nSPS) is 29.1. The second-order valence-electron chi connectivity index (χ2n) is 10.7. The van der Waals surface area contributed by atoms with E-state index >= 15 is 0 Å². The first-order chi connectivity index (χ1) is 15.7. The van der Waals surface area contributed by atoms with Gasteiger partial charge in [-0.05, 0) is 57.9 Å². The summed E-state index contributed by atoms with van der Waals surface area (Å²) in [7, 11) is 0. The molecule has 188 valence electrons. The van der Waals surface area contributed by atoms with Crippen LogP contribution in [0.4, 0.5) is 0 Å². The Morgan fingerprint density at radius 2 is 1.70 bits per heavy atom. The van der Waals surface area contributed by atoms with Crippen molar-refractivity contribution in [3.63, 3.8) is 0 Å². The summed E-state index contributed by atoms with van der Waals surface area (Å²) < 4.78 is 0.